The quantitative estimate of drug-likeness (QED) is 0.693. The van der Waals surface area contributed by atoms with Gasteiger partial charge in [0, 0.05) is 11.8 Å². The van der Waals surface area contributed by atoms with Crippen molar-refractivity contribution in [3.8, 4) is 0 Å². The zero-order valence-electron chi connectivity index (χ0n) is 9.81. The Bertz CT molecular complexity index is 600. The first-order valence-corrected chi connectivity index (χ1v) is 7.19. The van der Waals surface area contributed by atoms with Crippen LogP contribution in [-0.4, -0.2) is 15.0 Å². The van der Waals surface area contributed by atoms with Gasteiger partial charge >= 0.3 is 0 Å². The SMILES string of the molecule is CCCc1cc(=O)[nH]c(Sc2cccc(Br)n2)n1. The number of aromatic nitrogens is 3. The number of halogens is 1. The average molecular weight is 326 g/mol. The molecule has 0 amide bonds. The van der Waals surface area contributed by atoms with E-state index in [0.717, 1.165) is 28.2 Å². The van der Waals surface area contributed by atoms with E-state index in [0.29, 0.717) is 5.16 Å². The monoisotopic (exact) mass is 325 g/mol. The molecule has 0 aromatic carbocycles. The number of aromatic amines is 1. The molecular weight excluding hydrogens is 314 g/mol. The molecule has 0 spiro atoms. The topological polar surface area (TPSA) is 58.6 Å². The van der Waals surface area contributed by atoms with Gasteiger partial charge in [0.05, 0.1) is 0 Å². The van der Waals surface area contributed by atoms with Gasteiger partial charge in [-0.1, -0.05) is 19.4 Å². The fourth-order valence-corrected chi connectivity index (χ4v) is 2.73. The van der Waals surface area contributed by atoms with E-state index in [-0.39, 0.29) is 5.56 Å². The van der Waals surface area contributed by atoms with Gasteiger partial charge in [0.15, 0.2) is 5.16 Å². The molecule has 2 aromatic heterocycles. The maximum atomic E-state index is 11.5. The second-order valence-electron chi connectivity index (χ2n) is 3.69. The third-order valence-electron chi connectivity index (χ3n) is 2.17. The van der Waals surface area contributed by atoms with Crippen LogP contribution in [0.1, 0.15) is 19.0 Å². The highest BCUT2D eigenvalue weighted by Gasteiger charge is 2.04. The minimum Gasteiger partial charge on any atom is -0.301 e. The number of aryl methyl sites for hydroxylation is 1. The molecule has 0 aliphatic rings. The maximum Gasteiger partial charge on any atom is 0.251 e. The number of hydrogen-bond acceptors (Lipinski definition) is 4. The highest BCUT2D eigenvalue weighted by Crippen LogP contribution is 2.23. The summed E-state index contributed by atoms with van der Waals surface area (Å²) in [7, 11) is 0. The normalized spacial score (nSPS) is 10.6. The van der Waals surface area contributed by atoms with E-state index in [2.05, 4.69) is 37.8 Å². The van der Waals surface area contributed by atoms with Crippen LogP contribution in [0.2, 0.25) is 0 Å². The second-order valence-corrected chi connectivity index (χ2v) is 5.51. The highest BCUT2D eigenvalue weighted by molar-refractivity contribution is 9.10. The van der Waals surface area contributed by atoms with Crippen molar-refractivity contribution in [2.75, 3.05) is 0 Å². The van der Waals surface area contributed by atoms with Crippen molar-refractivity contribution in [1.29, 1.82) is 0 Å². The van der Waals surface area contributed by atoms with Gasteiger partial charge < -0.3 is 4.98 Å². The van der Waals surface area contributed by atoms with Crippen LogP contribution >= 0.6 is 27.7 Å². The first-order chi connectivity index (χ1) is 8.67. The number of hydrogen-bond donors (Lipinski definition) is 1. The van der Waals surface area contributed by atoms with Crippen LogP contribution in [-0.2, 0) is 6.42 Å². The van der Waals surface area contributed by atoms with Crippen LogP contribution in [0.5, 0.6) is 0 Å². The lowest BCUT2D eigenvalue weighted by Crippen LogP contribution is -2.09. The summed E-state index contributed by atoms with van der Waals surface area (Å²) in [5, 5.41) is 1.37. The van der Waals surface area contributed by atoms with E-state index < -0.39 is 0 Å². The van der Waals surface area contributed by atoms with Gasteiger partial charge in [-0.25, -0.2) is 9.97 Å². The number of nitrogens with one attached hydrogen (secondary N) is 1. The Labute approximate surface area is 117 Å². The molecule has 0 aliphatic heterocycles. The zero-order chi connectivity index (χ0) is 13.0. The molecule has 2 heterocycles. The van der Waals surface area contributed by atoms with Crippen molar-refractivity contribution in [3.05, 3.63) is 44.9 Å². The molecular formula is C12H12BrN3OS. The Kier molecular flexibility index (Phi) is 4.54. The maximum absolute atomic E-state index is 11.5. The molecule has 0 unspecified atom stereocenters. The van der Waals surface area contributed by atoms with E-state index >= 15 is 0 Å². The molecule has 18 heavy (non-hydrogen) atoms. The third kappa shape index (κ3) is 3.68. The van der Waals surface area contributed by atoms with Gasteiger partial charge in [-0.05, 0) is 46.2 Å². The van der Waals surface area contributed by atoms with Crippen LogP contribution in [0.4, 0.5) is 0 Å². The zero-order valence-corrected chi connectivity index (χ0v) is 12.2. The van der Waals surface area contributed by atoms with Crippen molar-refractivity contribution < 1.29 is 0 Å². The van der Waals surface area contributed by atoms with Crippen LogP contribution in [0.25, 0.3) is 0 Å². The molecule has 0 atom stereocenters. The molecule has 4 nitrogen and oxygen atoms in total. The summed E-state index contributed by atoms with van der Waals surface area (Å²) in [6.07, 6.45) is 1.78. The molecule has 0 fully saturated rings. The molecule has 0 bridgehead atoms. The Morgan fingerprint density at radius 3 is 2.94 bits per heavy atom. The molecule has 2 rings (SSSR count). The second kappa shape index (κ2) is 6.15. The van der Waals surface area contributed by atoms with E-state index in [9.17, 15) is 4.79 Å². The summed E-state index contributed by atoms with van der Waals surface area (Å²) in [5.41, 5.74) is 0.699. The first kappa shape index (κ1) is 13.3. The van der Waals surface area contributed by atoms with Crippen molar-refractivity contribution in [2.24, 2.45) is 0 Å². The number of pyridine rings is 1. The molecule has 0 radical (unpaired) electrons. The summed E-state index contributed by atoms with van der Waals surface area (Å²) >= 11 is 4.66. The van der Waals surface area contributed by atoms with Gasteiger partial charge in [0.1, 0.15) is 9.63 Å². The first-order valence-electron chi connectivity index (χ1n) is 5.58. The van der Waals surface area contributed by atoms with E-state index in [1.807, 2.05) is 18.2 Å². The van der Waals surface area contributed by atoms with Crippen molar-refractivity contribution in [3.63, 3.8) is 0 Å². The van der Waals surface area contributed by atoms with Crippen LogP contribution in [0, 0.1) is 0 Å². The van der Waals surface area contributed by atoms with E-state index in [4.69, 9.17) is 0 Å². The molecule has 0 aliphatic carbocycles. The Morgan fingerprint density at radius 2 is 2.22 bits per heavy atom. The summed E-state index contributed by atoms with van der Waals surface area (Å²) in [6, 6.07) is 7.17. The van der Waals surface area contributed by atoms with E-state index in [1.165, 1.54) is 11.8 Å². The molecule has 0 saturated carbocycles. The van der Waals surface area contributed by atoms with Crippen molar-refractivity contribution in [2.45, 2.75) is 29.9 Å². The van der Waals surface area contributed by atoms with Crippen LogP contribution in [0.3, 0.4) is 0 Å². The summed E-state index contributed by atoms with van der Waals surface area (Å²) in [5.74, 6) is 0. The van der Waals surface area contributed by atoms with Crippen LogP contribution in [0.15, 0.2) is 43.8 Å². The van der Waals surface area contributed by atoms with E-state index in [1.54, 1.807) is 6.07 Å². The predicted octanol–water partition coefficient (Wildman–Crippen LogP) is 3.03. The fourth-order valence-electron chi connectivity index (χ4n) is 1.46. The average Bonchev–Trinajstić information content (AvgIpc) is 2.28. The van der Waals surface area contributed by atoms with Crippen molar-refractivity contribution >= 4 is 27.7 Å². The Morgan fingerprint density at radius 1 is 1.39 bits per heavy atom. The number of H-pyrrole nitrogens is 1. The van der Waals surface area contributed by atoms with Crippen molar-refractivity contribution in [1.82, 2.24) is 15.0 Å². The summed E-state index contributed by atoms with van der Waals surface area (Å²) in [6.45, 7) is 2.06. The highest BCUT2D eigenvalue weighted by atomic mass is 79.9. The molecule has 2 aromatic rings. The lowest BCUT2D eigenvalue weighted by molar-refractivity contribution is 0.815. The van der Waals surface area contributed by atoms with Crippen LogP contribution < -0.4 is 5.56 Å². The van der Waals surface area contributed by atoms with Gasteiger partial charge in [-0.3, -0.25) is 4.79 Å². The standard InChI is InChI=1S/C12H12BrN3OS/c1-2-4-8-7-10(17)16-12(14-8)18-11-6-3-5-9(13)15-11/h3,5-7H,2,4H2,1H3,(H,14,16,17). The predicted molar refractivity (Wildman–Crippen MR) is 74.9 cm³/mol. The fraction of sp³-hybridized carbons (Fsp3) is 0.250. The minimum atomic E-state index is -0.119. The van der Waals surface area contributed by atoms with Gasteiger partial charge in [-0.2, -0.15) is 0 Å². The third-order valence-corrected chi connectivity index (χ3v) is 3.43. The number of nitrogens with zero attached hydrogens (tertiary/aromatic N) is 2. The Hall–Kier alpha value is -1.14. The molecule has 94 valence electrons. The summed E-state index contributed by atoms with van der Waals surface area (Å²) in [4.78, 5) is 22.9. The molecule has 1 N–H and O–H groups in total. The van der Waals surface area contributed by atoms with Gasteiger partial charge in [0.2, 0.25) is 0 Å². The van der Waals surface area contributed by atoms with Gasteiger partial charge in [0.25, 0.3) is 5.56 Å². The Balaban J connectivity index is 2.26. The molecule has 6 heteroatoms. The smallest absolute Gasteiger partial charge is 0.251 e. The largest absolute Gasteiger partial charge is 0.301 e. The summed E-state index contributed by atoms with van der Waals surface area (Å²) < 4.78 is 0.763. The molecule has 0 saturated heterocycles. The van der Waals surface area contributed by atoms with Gasteiger partial charge in [-0.15, -0.1) is 0 Å². The lowest BCUT2D eigenvalue weighted by Gasteiger charge is -2.03. The minimum absolute atomic E-state index is 0.119. The number of rotatable bonds is 4. The lowest BCUT2D eigenvalue weighted by atomic mass is 10.2.